The highest BCUT2D eigenvalue weighted by atomic mass is 35.5. The summed E-state index contributed by atoms with van der Waals surface area (Å²) in [4.78, 5) is 12.3. The molecule has 3 rings (SSSR count). The van der Waals surface area contributed by atoms with E-state index < -0.39 is 5.91 Å². The summed E-state index contributed by atoms with van der Waals surface area (Å²) in [6, 6.07) is 13.6. The van der Waals surface area contributed by atoms with Gasteiger partial charge in [0.25, 0.3) is 5.91 Å². The fourth-order valence-corrected chi connectivity index (χ4v) is 2.82. The molecule has 1 N–H and O–H groups in total. The number of hydrogen-bond donors (Lipinski definition) is 1. The van der Waals surface area contributed by atoms with Crippen molar-refractivity contribution in [3.05, 3.63) is 80.4 Å². The molecule has 0 saturated carbocycles. The third kappa shape index (κ3) is 4.17. The van der Waals surface area contributed by atoms with Gasteiger partial charge >= 0.3 is 0 Å². The number of aromatic nitrogens is 2. The Kier molecular flexibility index (Phi) is 5.48. The summed E-state index contributed by atoms with van der Waals surface area (Å²) in [6.07, 6.45) is 1.60. The normalized spacial score (nSPS) is 10.4. The minimum absolute atomic E-state index is 0.235. The highest BCUT2D eigenvalue weighted by molar-refractivity contribution is 6.42. The predicted molar refractivity (Wildman–Crippen MR) is 102 cm³/mol. The topological polar surface area (TPSA) is 70.7 Å². The second-order valence-electron chi connectivity index (χ2n) is 5.42. The Morgan fingerprint density at radius 3 is 2.65 bits per heavy atom. The van der Waals surface area contributed by atoms with Gasteiger partial charge in [0.1, 0.15) is 5.02 Å². The van der Waals surface area contributed by atoms with Crippen molar-refractivity contribution < 1.29 is 4.79 Å². The molecule has 0 aliphatic carbocycles. The van der Waals surface area contributed by atoms with Crippen LogP contribution in [-0.2, 0) is 6.54 Å². The van der Waals surface area contributed by atoms with Gasteiger partial charge in [-0.3, -0.25) is 9.48 Å². The van der Waals surface area contributed by atoms with Gasteiger partial charge in [0.15, 0.2) is 5.82 Å². The maximum Gasteiger partial charge on any atom is 0.256 e. The summed E-state index contributed by atoms with van der Waals surface area (Å²) in [7, 11) is 0. The molecule has 0 radical (unpaired) electrons. The zero-order chi connectivity index (χ0) is 18.7. The molecule has 1 heterocycles. The number of nitrogens with one attached hydrogen (secondary N) is 1. The van der Waals surface area contributed by atoms with E-state index >= 15 is 0 Å². The number of rotatable bonds is 4. The van der Waals surface area contributed by atoms with Gasteiger partial charge < -0.3 is 5.32 Å². The van der Waals surface area contributed by atoms with E-state index in [4.69, 9.17) is 40.1 Å². The lowest BCUT2D eigenvalue weighted by Gasteiger charge is -2.04. The highest BCUT2D eigenvalue weighted by Crippen LogP contribution is 2.24. The van der Waals surface area contributed by atoms with E-state index in [1.807, 2.05) is 12.1 Å². The Bertz CT molecular complexity index is 1020. The summed E-state index contributed by atoms with van der Waals surface area (Å²) in [5.74, 6) is -0.164. The Labute approximate surface area is 164 Å². The molecule has 0 fully saturated rings. The molecule has 0 bridgehead atoms. The number of anilines is 1. The number of carbonyl (C=O) groups is 1. The minimum atomic E-state index is -0.399. The molecule has 0 aliphatic heterocycles. The van der Waals surface area contributed by atoms with Crippen LogP contribution in [0.5, 0.6) is 0 Å². The lowest BCUT2D eigenvalue weighted by Crippen LogP contribution is -2.13. The maximum atomic E-state index is 12.3. The molecular formula is C18H11Cl3N4O. The molecule has 3 aromatic rings. The van der Waals surface area contributed by atoms with Crippen LogP contribution in [-0.4, -0.2) is 15.7 Å². The highest BCUT2D eigenvalue weighted by Gasteiger charge is 2.13. The van der Waals surface area contributed by atoms with Crippen molar-refractivity contribution in [2.24, 2.45) is 0 Å². The van der Waals surface area contributed by atoms with Gasteiger partial charge in [-0.2, -0.15) is 10.4 Å². The number of hydrogen-bond acceptors (Lipinski definition) is 3. The van der Waals surface area contributed by atoms with Crippen LogP contribution in [0.15, 0.2) is 48.7 Å². The molecule has 0 aliphatic rings. The Balaban J connectivity index is 1.76. The number of nitriles is 1. The molecule has 130 valence electrons. The van der Waals surface area contributed by atoms with Crippen LogP contribution in [0.2, 0.25) is 15.1 Å². The van der Waals surface area contributed by atoms with E-state index in [0.717, 1.165) is 5.56 Å². The van der Waals surface area contributed by atoms with Gasteiger partial charge in [-0.15, -0.1) is 0 Å². The predicted octanol–water partition coefficient (Wildman–Crippen LogP) is 5.02. The average molecular weight is 406 g/mol. The molecule has 0 atom stereocenters. The zero-order valence-electron chi connectivity index (χ0n) is 13.2. The van der Waals surface area contributed by atoms with E-state index in [0.29, 0.717) is 32.7 Å². The van der Waals surface area contributed by atoms with Crippen LogP contribution in [0.25, 0.3) is 0 Å². The van der Waals surface area contributed by atoms with Crippen molar-refractivity contribution in [2.45, 2.75) is 6.54 Å². The van der Waals surface area contributed by atoms with E-state index in [-0.39, 0.29) is 5.82 Å². The SMILES string of the molecule is N#Cc1cccc(C(=O)Nc2nn(Cc3ccc(Cl)c(Cl)c3)cc2Cl)c1. The number of nitrogens with zero attached hydrogens (tertiary/aromatic N) is 3. The maximum absolute atomic E-state index is 12.3. The van der Waals surface area contributed by atoms with Crippen molar-refractivity contribution in [2.75, 3.05) is 5.32 Å². The first-order chi connectivity index (χ1) is 12.5. The monoisotopic (exact) mass is 404 g/mol. The molecule has 5 nitrogen and oxygen atoms in total. The average Bonchev–Trinajstić information content (AvgIpc) is 2.97. The van der Waals surface area contributed by atoms with Gasteiger partial charge in [-0.05, 0) is 35.9 Å². The molecule has 1 amide bonds. The van der Waals surface area contributed by atoms with E-state index in [1.54, 1.807) is 41.2 Å². The number of benzene rings is 2. The number of amides is 1. The second kappa shape index (κ2) is 7.79. The van der Waals surface area contributed by atoms with Gasteiger partial charge in [-0.25, -0.2) is 0 Å². The van der Waals surface area contributed by atoms with Gasteiger partial charge in [0.2, 0.25) is 0 Å². The molecule has 0 saturated heterocycles. The summed E-state index contributed by atoms with van der Waals surface area (Å²) >= 11 is 18.1. The van der Waals surface area contributed by atoms with Crippen molar-refractivity contribution in [1.82, 2.24) is 9.78 Å². The first-order valence-corrected chi connectivity index (χ1v) is 8.58. The largest absolute Gasteiger partial charge is 0.304 e. The smallest absolute Gasteiger partial charge is 0.256 e. The van der Waals surface area contributed by atoms with Crippen LogP contribution in [0.4, 0.5) is 5.82 Å². The van der Waals surface area contributed by atoms with Crippen LogP contribution in [0.3, 0.4) is 0 Å². The minimum Gasteiger partial charge on any atom is -0.304 e. The quantitative estimate of drug-likeness (QED) is 0.663. The van der Waals surface area contributed by atoms with Crippen molar-refractivity contribution in [3.8, 4) is 6.07 Å². The molecule has 0 spiro atoms. The van der Waals surface area contributed by atoms with E-state index in [1.165, 1.54) is 6.07 Å². The molecule has 0 unspecified atom stereocenters. The van der Waals surface area contributed by atoms with Gasteiger partial charge in [-0.1, -0.05) is 46.9 Å². The molecule has 1 aromatic heterocycles. The second-order valence-corrected chi connectivity index (χ2v) is 6.64. The first kappa shape index (κ1) is 18.3. The number of carbonyl (C=O) groups excluding carboxylic acids is 1. The van der Waals surface area contributed by atoms with Crippen LogP contribution < -0.4 is 5.32 Å². The third-order valence-electron chi connectivity index (χ3n) is 3.53. The number of halogens is 3. The standard InChI is InChI=1S/C18H11Cl3N4O/c19-14-5-4-12(7-15(14)20)9-25-10-16(21)17(24-25)23-18(26)13-3-1-2-11(6-13)8-22/h1-7,10H,9H2,(H,23,24,26). The van der Waals surface area contributed by atoms with Crippen LogP contribution >= 0.6 is 34.8 Å². The fraction of sp³-hybridized carbons (Fsp3) is 0.0556. The van der Waals surface area contributed by atoms with E-state index in [2.05, 4.69) is 10.4 Å². The Morgan fingerprint density at radius 2 is 1.92 bits per heavy atom. The molecular weight excluding hydrogens is 395 g/mol. The fourth-order valence-electron chi connectivity index (χ4n) is 2.30. The van der Waals surface area contributed by atoms with Crippen molar-refractivity contribution in [3.63, 3.8) is 0 Å². The van der Waals surface area contributed by atoms with Crippen LogP contribution in [0, 0.1) is 11.3 Å². The van der Waals surface area contributed by atoms with Gasteiger partial charge in [0, 0.05) is 11.8 Å². The van der Waals surface area contributed by atoms with Crippen LogP contribution in [0.1, 0.15) is 21.5 Å². The van der Waals surface area contributed by atoms with Crippen molar-refractivity contribution >= 4 is 46.5 Å². The molecule has 8 heteroatoms. The summed E-state index contributed by atoms with van der Waals surface area (Å²) in [5, 5.41) is 17.1. The molecule has 26 heavy (non-hydrogen) atoms. The van der Waals surface area contributed by atoms with Gasteiger partial charge in [0.05, 0.1) is 28.2 Å². The zero-order valence-corrected chi connectivity index (χ0v) is 15.5. The Hall–Kier alpha value is -2.52. The summed E-state index contributed by atoms with van der Waals surface area (Å²) in [5.41, 5.74) is 1.63. The summed E-state index contributed by atoms with van der Waals surface area (Å²) in [6.45, 7) is 0.413. The lowest BCUT2D eigenvalue weighted by atomic mass is 10.1. The first-order valence-electron chi connectivity index (χ1n) is 7.44. The van der Waals surface area contributed by atoms with Crippen molar-refractivity contribution in [1.29, 1.82) is 5.26 Å². The lowest BCUT2D eigenvalue weighted by molar-refractivity contribution is 0.102. The summed E-state index contributed by atoms with van der Waals surface area (Å²) < 4.78 is 1.59. The van der Waals surface area contributed by atoms with E-state index in [9.17, 15) is 4.79 Å². The Morgan fingerprint density at radius 1 is 1.12 bits per heavy atom. The third-order valence-corrected chi connectivity index (χ3v) is 4.55. The molecule has 2 aromatic carbocycles.